The van der Waals surface area contributed by atoms with Gasteiger partial charge in [0.25, 0.3) is 0 Å². The number of anilines is 1. The maximum absolute atomic E-state index is 12.4. The predicted molar refractivity (Wildman–Crippen MR) is 94.6 cm³/mol. The Balaban J connectivity index is 1.97. The number of benzene rings is 1. The lowest BCUT2D eigenvalue weighted by molar-refractivity contribution is -0.126. The SMILES string of the molecule is CCCC(NC(=O)Cc1ccccc1)C(=O)Nc1cccc(C)n1. The summed E-state index contributed by atoms with van der Waals surface area (Å²) in [7, 11) is 0. The van der Waals surface area contributed by atoms with E-state index in [1.165, 1.54) is 0 Å². The van der Waals surface area contributed by atoms with Gasteiger partial charge < -0.3 is 10.6 Å². The minimum absolute atomic E-state index is 0.160. The summed E-state index contributed by atoms with van der Waals surface area (Å²) in [5, 5.41) is 5.59. The number of carbonyl (C=O) groups excluding carboxylic acids is 2. The highest BCUT2D eigenvalue weighted by Crippen LogP contribution is 2.07. The number of carbonyl (C=O) groups is 2. The van der Waals surface area contributed by atoms with Crippen LogP contribution in [0.5, 0.6) is 0 Å². The van der Waals surface area contributed by atoms with Crippen LogP contribution in [0.2, 0.25) is 0 Å². The van der Waals surface area contributed by atoms with Crippen molar-refractivity contribution in [3.05, 3.63) is 59.8 Å². The van der Waals surface area contributed by atoms with Gasteiger partial charge in [0.1, 0.15) is 11.9 Å². The quantitative estimate of drug-likeness (QED) is 0.822. The summed E-state index contributed by atoms with van der Waals surface area (Å²) in [5.41, 5.74) is 1.75. The maximum Gasteiger partial charge on any atom is 0.248 e. The lowest BCUT2D eigenvalue weighted by atomic mass is 10.1. The molecule has 1 aromatic heterocycles. The van der Waals surface area contributed by atoms with Gasteiger partial charge in [0.2, 0.25) is 11.8 Å². The van der Waals surface area contributed by atoms with Crippen LogP contribution < -0.4 is 10.6 Å². The normalized spacial score (nSPS) is 11.6. The number of hydrogen-bond acceptors (Lipinski definition) is 3. The monoisotopic (exact) mass is 325 g/mol. The van der Waals surface area contributed by atoms with E-state index in [0.717, 1.165) is 17.7 Å². The van der Waals surface area contributed by atoms with E-state index in [-0.39, 0.29) is 18.2 Å². The first-order valence-corrected chi connectivity index (χ1v) is 8.16. The summed E-state index contributed by atoms with van der Waals surface area (Å²) in [6, 6.07) is 14.3. The minimum Gasteiger partial charge on any atom is -0.344 e. The Bertz CT molecular complexity index is 686. The van der Waals surface area contributed by atoms with Crippen molar-refractivity contribution in [3.63, 3.8) is 0 Å². The highest BCUT2D eigenvalue weighted by Gasteiger charge is 2.20. The number of aromatic nitrogens is 1. The fourth-order valence-corrected chi connectivity index (χ4v) is 2.41. The van der Waals surface area contributed by atoms with Gasteiger partial charge in [-0.05, 0) is 31.0 Å². The maximum atomic E-state index is 12.4. The third-order valence-electron chi connectivity index (χ3n) is 3.58. The second-order valence-corrected chi connectivity index (χ2v) is 5.72. The first-order chi connectivity index (χ1) is 11.6. The highest BCUT2D eigenvalue weighted by molar-refractivity contribution is 5.96. The molecule has 1 atom stereocenters. The van der Waals surface area contributed by atoms with E-state index < -0.39 is 6.04 Å². The van der Waals surface area contributed by atoms with Crippen LogP contribution in [0.15, 0.2) is 48.5 Å². The van der Waals surface area contributed by atoms with Gasteiger partial charge in [-0.1, -0.05) is 49.7 Å². The third-order valence-corrected chi connectivity index (χ3v) is 3.58. The number of hydrogen-bond donors (Lipinski definition) is 2. The zero-order valence-electron chi connectivity index (χ0n) is 14.1. The second-order valence-electron chi connectivity index (χ2n) is 5.72. The number of pyridine rings is 1. The number of nitrogens with zero attached hydrogens (tertiary/aromatic N) is 1. The fourth-order valence-electron chi connectivity index (χ4n) is 2.41. The van der Waals surface area contributed by atoms with Crippen LogP contribution in [0, 0.1) is 6.92 Å². The Kier molecular flexibility index (Phi) is 6.49. The number of nitrogens with one attached hydrogen (secondary N) is 2. The van der Waals surface area contributed by atoms with Crippen LogP contribution >= 0.6 is 0 Å². The summed E-state index contributed by atoms with van der Waals surface area (Å²) >= 11 is 0. The fraction of sp³-hybridized carbons (Fsp3) is 0.316. The summed E-state index contributed by atoms with van der Waals surface area (Å²) < 4.78 is 0. The van der Waals surface area contributed by atoms with Crippen molar-refractivity contribution in [2.24, 2.45) is 0 Å². The van der Waals surface area contributed by atoms with Gasteiger partial charge in [-0.2, -0.15) is 0 Å². The molecular weight excluding hydrogens is 302 g/mol. The van der Waals surface area contributed by atoms with Gasteiger partial charge in [-0.3, -0.25) is 9.59 Å². The van der Waals surface area contributed by atoms with Crippen LogP contribution in [-0.2, 0) is 16.0 Å². The van der Waals surface area contributed by atoms with E-state index in [1.54, 1.807) is 6.07 Å². The molecule has 2 N–H and O–H groups in total. The Labute approximate surface area is 142 Å². The van der Waals surface area contributed by atoms with E-state index in [1.807, 2.05) is 56.3 Å². The Morgan fingerprint density at radius 3 is 2.50 bits per heavy atom. The first-order valence-electron chi connectivity index (χ1n) is 8.16. The molecule has 0 aliphatic rings. The molecule has 2 rings (SSSR count). The minimum atomic E-state index is -0.562. The summed E-state index contributed by atoms with van der Waals surface area (Å²) in [5.74, 6) is 0.0989. The lowest BCUT2D eigenvalue weighted by Crippen LogP contribution is -2.44. The highest BCUT2D eigenvalue weighted by atomic mass is 16.2. The Hall–Kier alpha value is -2.69. The zero-order chi connectivity index (χ0) is 17.4. The molecule has 1 unspecified atom stereocenters. The molecule has 0 radical (unpaired) electrons. The summed E-state index contributed by atoms with van der Waals surface area (Å²) in [6.45, 7) is 3.84. The standard InChI is InChI=1S/C19H23N3O2/c1-3-8-16(19(24)22-17-12-7-9-14(2)20-17)21-18(23)13-15-10-5-4-6-11-15/h4-7,9-12,16H,3,8,13H2,1-2H3,(H,21,23)(H,20,22,24). The van der Waals surface area contributed by atoms with Crippen LogP contribution in [-0.4, -0.2) is 22.8 Å². The van der Waals surface area contributed by atoms with Crippen molar-refractivity contribution in [1.29, 1.82) is 0 Å². The van der Waals surface area contributed by atoms with Crippen molar-refractivity contribution < 1.29 is 9.59 Å². The van der Waals surface area contributed by atoms with Gasteiger partial charge >= 0.3 is 0 Å². The molecule has 0 fully saturated rings. The van der Waals surface area contributed by atoms with Crippen molar-refractivity contribution >= 4 is 17.6 Å². The van der Waals surface area contributed by atoms with Crippen molar-refractivity contribution in [3.8, 4) is 0 Å². The Morgan fingerprint density at radius 1 is 1.08 bits per heavy atom. The molecule has 5 nitrogen and oxygen atoms in total. The van der Waals surface area contributed by atoms with Crippen molar-refractivity contribution in [2.75, 3.05) is 5.32 Å². The molecule has 0 aliphatic carbocycles. The van der Waals surface area contributed by atoms with Crippen LogP contribution in [0.1, 0.15) is 31.0 Å². The molecule has 2 aromatic rings. The molecule has 5 heteroatoms. The Morgan fingerprint density at radius 2 is 1.83 bits per heavy atom. The van der Waals surface area contributed by atoms with E-state index in [9.17, 15) is 9.59 Å². The van der Waals surface area contributed by atoms with E-state index >= 15 is 0 Å². The van der Waals surface area contributed by atoms with E-state index in [2.05, 4.69) is 15.6 Å². The number of rotatable bonds is 7. The molecule has 2 amide bonds. The average Bonchev–Trinajstić information content (AvgIpc) is 2.55. The van der Waals surface area contributed by atoms with Gasteiger partial charge in [-0.15, -0.1) is 0 Å². The van der Waals surface area contributed by atoms with Gasteiger partial charge in [-0.25, -0.2) is 4.98 Å². The molecule has 0 bridgehead atoms. The molecule has 0 saturated heterocycles. The molecule has 1 aromatic carbocycles. The van der Waals surface area contributed by atoms with Crippen molar-refractivity contribution in [2.45, 2.75) is 39.2 Å². The molecule has 126 valence electrons. The molecule has 0 spiro atoms. The average molecular weight is 325 g/mol. The van der Waals surface area contributed by atoms with Crippen LogP contribution in [0.3, 0.4) is 0 Å². The predicted octanol–water partition coefficient (Wildman–Crippen LogP) is 2.86. The van der Waals surface area contributed by atoms with Gasteiger partial charge in [0, 0.05) is 5.69 Å². The summed E-state index contributed by atoms with van der Waals surface area (Å²) in [6.07, 6.45) is 1.64. The molecular formula is C19H23N3O2. The molecule has 24 heavy (non-hydrogen) atoms. The number of aryl methyl sites for hydroxylation is 1. The van der Waals surface area contributed by atoms with Gasteiger partial charge in [0.15, 0.2) is 0 Å². The molecule has 1 heterocycles. The van der Waals surface area contributed by atoms with Crippen molar-refractivity contribution in [1.82, 2.24) is 10.3 Å². The smallest absolute Gasteiger partial charge is 0.248 e. The molecule has 0 aliphatic heterocycles. The largest absolute Gasteiger partial charge is 0.344 e. The van der Waals surface area contributed by atoms with Gasteiger partial charge in [0.05, 0.1) is 6.42 Å². The summed E-state index contributed by atoms with van der Waals surface area (Å²) in [4.78, 5) is 28.9. The van der Waals surface area contributed by atoms with Crippen LogP contribution in [0.4, 0.5) is 5.82 Å². The van der Waals surface area contributed by atoms with E-state index in [4.69, 9.17) is 0 Å². The van der Waals surface area contributed by atoms with E-state index in [0.29, 0.717) is 12.2 Å². The van der Waals surface area contributed by atoms with Crippen LogP contribution in [0.25, 0.3) is 0 Å². The second kappa shape index (κ2) is 8.82. The topological polar surface area (TPSA) is 71.1 Å². The lowest BCUT2D eigenvalue weighted by Gasteiger charge is -2.17. The first kappa shape index (κ1) is 17.7. The molecule has 0 saturated carbocycles. The zero-order valence-corrected chi connectivity index (χ0v) is 14.1. The third kappa shape index (κ3) is 5.50. The number of amides is 2.